The van der Waals surface area contributed by atoms with Gasteiger partial charge < -0.3 is 13.4 Å². The van der Waals surface area contributed by atoms with Gasteiger partial charge in [0.15, 0.2) is 0 Å². The molecule has 0 unspecified atom stereocenters. The van der Waals surface area contributed by atoms with Gasteiger partial charge in [0.05, 0.1) is 0 Å². The fourth-order valence-corrected chi connectivity index (χ4v) is 11.1. The minimum atomic E-state index is -1.39. The van der Waals surface area contributed by atoms with Gasteiger partial charge in [0.25, 0.3) is 0 Å². The third-order valence-electron chi connectivity index (χ3n) is 6.64. The van der Waals surface area contributed by atoms with E-state index in [4.69, 9.17) is 8.85 Å². The van der Waals surface area contributed by atoms with Crippen molar-refractivity contribution in [1.82, 2.24) is 4.57 Å². The predicted molar refractivity (Wildman–Crippen MR) is 120 cm³/mol. The Morgan fingerprint density at radius 3 is 1.88 bits per heavy atom. The first-order valence-corrected chi connectivity index (χ1v) is 16.0. The van der Waals surface area contributed by atoms with Gasteiger partial charge in [-0.15, -0.1) is 0 Å². The SMILES string of the molecule is CCO[SiH](CCCCCN(C1CCCCC1)[Si](CC)(CC)CC)OCC. The zero-order valence-electron chi connectivity index (χ0n) is 18.5. The Morgan fingerprint density at radius 1 is 0.808 bits per heavy atom. The summed E-state index contributed by atoms with van der Waals surface area (Å²) < 4.78 is 14.7. The van der Waals surface area contributed by atoms with Crippen molar-refractivity contribution < 1.29 is 8.85 Å². The number of rotatable bonds is 15. The third-order valence-corrected chi connectivity index (χ3v) is 14.7. The van der Waals surface area contributed by atoms with Crippen molar-refractivity contribution in [2.24, 2.45) is 0 Å². The Hall–Kier alpha value is 0.314. The number of unbranched alkanes of at least 4 members (excludes halogenated alkanes) is 2. The van der Waals surface area contributed by atoms with Gasteiger partial charge in [-0.1, -0.05) is 52.9 Å². The van der Waals surface area contributed by atoms with E-state index in [2.05, 4.69) is 39.2 Å². The number of hydrogen-bond acceptors (Lipinski definition) is 3. The first kappa shape index (κ1) is 24.4. The highest BCUT2D eigenvalue weighted by Crippen LogP contribution is 2.33. The van der Waals surface area contributed by atoms with Crippen molar-refractivity contribution in [2.75, 3.05) is 19.8 Å². The van der Waals surface area contributed by atoms with Crippen LogP contribution in [0, 0.1) is 0 Å². The van der Waals surface area contributed by atoms with Crippen molar-refractivity contribution in [1.29, 1.82) is 0 Å². The van der Waals surface area contributed by atoms with Crippen molar-refractivity contribution >= 4 is 17.5 Å². The molecule has 0 radical (unpaired) electrons. The molecule has 0 bridgehead atoms. The summed E-state index contributed by atoms with van der Waals surface area (Å²) in [6.07, 6.45) is 11.3. The van der Waals surface area contributed by atoms with E-state index in [-0.39, 0.29) is 0 Å². The van der Waals surface area contributed by atoms with Crippen molar-refractivity contribution in [3.8, 4) is 0 Å². The summed E-state index contributed by atoms with van der Waals surface area (Å²) in [5, 5.41) is 0. The Morgan fingerprint density at radius 2 is 1.38 bits per heavy atom. The van der Waals surface area contributed by atoms with E-state index in [0.29, 0.717) is 0 Å². The molecule has 0 atom stereocenters. The third kappa shape index (κ3) is 7.74. The second-order valence-electron chi connectivity index (χ2n) is 7.96. The Labute approximate surface area is 167 Å². The summed E-state index contributed by atoms with van der Waals surface area (Å²) in [5.41, 5.74) is 0. The minimum absolute atomic E-state index is 0.809. The maximum Gasteiger partial charge on any atom is 0.321 e. The second kappa shape index (κ2) is 14.3. The Kier molecular flexibility index (Phi) is 13.4. The van der Waals surface area contributed by atoms with Crippen LogP contribution in [0.3, 0.4) is 0 Å². The van der Waals surface area contributed by atoms with Crippen LogP contribution in [0.2, 0.25) is 24.2 Å². The lowest BCUT2D eigenvalue weighted by atomic mass is 9.95. The van der Waals surface area contributed by atoms with Crippen molar-refractivity contribution in [3.05, 3.63) is 0 Å². The highest BCUT2D eigenvalue weighted by atomic mass is 28.3. The highest BCUT2D eigenvalue weighted by molar-refractivity contribution is 6.77. The molecular weight excluding hydrogens is 354 g/mol. The minimum Gasteiger partial charge on any atom is -0.397 e. The van der Waals surface area contributed by atoms with Crippen LogP contribution in [-0.2, 0) is 8.85 Å². The van der Waals surface area contributed by atoms with Gasteiger partial charge in [-0.3, -0.25) is 0 Å². The molecule has 5 heteroatoms. The van der Waals surface area contributed by atoms with Crippen LogP contribution in [0.15, 0.2) is 0 Å². The standard InChI is InChI=1S/C21H47NO2Si2/c1-6-23-25(24-7-2)20-16-12-15-19-22(21-17-13-11-14-18-21)26(8-3,9-4)10-5/h21,25H,6-20H2,1-5H3. The Balaban J connectivity index is 2.52. The van der Waals surface area contributed by atoms with Crippen LogP contribution in [0.5, 0.6) is 0 Å². The largest absolute Gasteiger partial charge is 0.397 e. The molecule has 26 heavy (non-hydrogen) atoms. The fraction of sp³-hybridized carbons (Fsp3) is 1.00. The topological polar surface area (TPSA) is 21.7 Å². The van der Waals surface area contributed by atoms with Crippen LogP contribution in [0.4, 0.5) is 0 Å². The van der Waals surface area contributed by atoms with E-state index in [1.54, 1.807) is 0 Å². The van der Waals surface area contributed by atoms with Crippen molar-refractivity contribution in [2.45, 2.75) is 116 Å². The first-order chi connectivity index (χ1) is 12.7. The smallest absolute Gasteiger partial charge is 0.321 e. The zero-order valence-corrected chi connectivity index (χ0v) is 20.7. The average Bonchev–Trinajstić information content (AvgIpc) is 2.68. The second-order valence-corrected chi connectivity index (χ2v) is 15.2. The molecule has 0 aromatic heterocycles. The summed E-state index contributed by atoms with van der Waals surface area (Å²) in [6, 6.07) is 6.37. The van der Waals surface area contributed by atoms with E-state index in [0.717, 1.165) is 19.3 Å². The van der Waals surface area contributed by atoms with Gasteiger partial charge in [-0.05, 0) is 63.8 Å². The van der Waals surface area contributed by atoms with Crippen LogP contribution < -0.4 is 0 Å². The summed E-state index contributed by atoms with van der Waals surface area (Å²) >= 11 is 0. The van der Waals surface area contributed by atoms with E-state index in [1.807, 2.05) is 0 Å². The lowest BCUT2D eigenvalue weighted by Crippen LogP contribution is -2.57. The van der Waals surface area contributed by atoms with Crippen molar-refractivity contribution in [3.63, 3.8) is 0 Å². The molecule has 0 heterocycles. The Bertz CT molecular complexity index is 320. The van der Waals surface area contributed by atoms with Gasteiger partial charge in [-0.25, -0.2) is 0 Å². The molecule has 156 valence electrons. The molecule has 1 fully saturated rings. The van der Waals surface area contributed by atoms with E-state index in [9.17, 15) is 0 Å². The normalized spacial score (nSPS) is 16.7. The van der Waals surface area contributed by atoms with E-state index in [1.165, 1.54) is 82.1 Å². The molecule has 0 spiro atoms. The lowest BCUT2D eigenvalue weighted by Gasteiger charge is -2.47. The highest BCUT2D eigenvalue weighted by Gasteiger charge is 2.38. The van der Waals surface area contributed by atoms with Crippen LogP contribution in [-0.4, -0.2) is 47.9 Å². The van der Waals surface area contributed by atoms with Crippen LogP contribution in [0.25, 0.3) is 0 Å². The molecule has 0 N–H and O–H groups in total. The molecule has 0 aromatic carbocycles. The molecule has 1 rings (SSSR count). The average molecular weight is 402 g/mol. The maximum atomic E-state index is 5.82. The van der Waals surface area contributed by atoms with Gasteiger partial charge in [0.2, 0.25) is 0 Å². The molecule has 0 aromatic rings. The molecule has 0 aliphatic heterocycles. The van der Waals surface area contributed by atoms with Gasteiger partial charge in [0, 0.05) is 19.3 Å². The lowest BCUT2D eigenvalue weighted by molar-refractivity contribution is 0.211. The van der Waals surface area contributed by atoms with E-state index < -0.39 is 17.5 Å². The molecular formula is C21H47NO2Si2. The molecule has 1 aliphatic carbocycles. The zero-order chi connectivity index (χ0) is 19.3. The van der Waals surface area contributed by atoms with Crippen LogP contribution in [0.1, 0.15) is 86.0 Å². The number of nitrogens with zero attached hydrogens (tertiary/aromatic N) is 1. The monoisotopic (exact) mass is 401 g/mol. The summed E-state index contributed by atoms with van der Waals surface area (Å²) in [4.78, 5) is 0. The maximum absolute atomic E-state index is 5.82. The van der Waals surface area contributed by atoms with Crippen LogP contribution >= 0.6 is 0 Å². The first-order valence-electron chi connectivity index (χ1n) is 11.7. The van der Waals surface area contributed by atoms with Gasteiger partial charge >= 0.3 is 9.28 Å². The number of hydrogen-bond donors (Lipinski definition) is 0. The predicted octanol–water partition coefficient (Wildman–Crippen LogP) is 6.09. The quantitative estimate of drug-likeness (QED) is 0.245. The summed E-state index contributed by atoms with van der Waals surface area (Å²) in [6.45, 7) is 14.5. The molecule has 1 aliphatic rings. The molecule has 0 saturated heterocycles. The molecule has 0 amide bonds. The van der Waals surface area contributed by atoms with Gasteiger partial charge in [-0.2, -0.15) is 0 Å². The molecule has 3 nitrogen and oxygen atoms in total. The summed E-state index contributed by atoms with van der Waals surface area (Å²) in [7, 11) is -2.63. The summed E-state index contributed by atoms with van der Waals surface area (Å²) in [5.74, 6) is 0. The molecule has 1 saturated carbocycles. The fourth-order valence-electron chi connectivity index (χ4n) is 4.92. The van der Waals surface area contributed by atoms with E-state index >= 15 is 0 Å². The van der Waals surface area contributed by atoms with Gasteiger partial charge in [0.1, 0.15) is 8.24 Å².